The van der Waals surface area contributed by atoms with Crippen LogP contribution in [0.5, 0.6) is 0 Å². The molecule has 0 saturated carbocycles. The highest BCUT2D eigenvalue weighted by molar-refractivity contribution is 7.14. The summed E-state index contributed by atoms with van der Waals surface area (Å²) in [6.07, 6.45) is 8.80. The molecule has 2 heterocycles. The van der Waals surface area contributed by atoms with Gasteiger partial charge in [0.25, 0.3) is 0 Å². The van der Waals surface area contributed by atoms with Crippen molar-refractivity contribution in [1.82, 2.24) is 4.98 Å². The minimum atomic E-state index is 0.237. The largest absolute Gasteiger partial charge is 0.293 e. The Morgan fingerprint density at radius 3 is 2.78 bits per heavy atom. The average Bonchev–Trinajstić information content (AvgIpc) is 2.84. The zero-order chi connectivity index (χ0) is 12.4. The molecular formula is C15H15NOS. The Morgan fingerprint density at radius 1 is 1.22 bits per heavy atom. The molecule has 2 aromatic heterocycles. The van der Waals surface area contributed by atoms with E-state index in [0.29, 0.717) is 6.42 Å². The molecule has 0 saturated heterocycles. The van der Waals surface area contributed by atoms with E-state index >= 15 is 0 Å². The van der Waals surface area contributed by atoms with Crippen molar-refractivity contribution in [1.29, 1.82) is 0 Å². The molecule has 0 amide bonds. The summed E-state index contributed by atoms with van der Waals surface area (Å²) in [5.74, 6) is 0.237. The summed E-state index contributed by atoms with van der Waals surface area (Å²) in [6.45, 7) is 0. The summed E-state index contributed by atoms with van der Waals surface area (Å²) < 4.78 is 0. The smallest absolute Gasteiger partial charge is 0.177 e. The van der Waals surface area contributed by atoms with Gasteiger partial charge >= 0.3 is 0 Å². The fraction of sp³-hybridized carbons (Fsp3) is 0.333. The van der Waals surface area contributed by atoms with Gasteiger partial charge in [-0.1, -0.05) is 0 Å². The number of rotatable bonds is 3. The number of hydrogen-bond acceptors (Lipinski definition) is 3. The standard InChI is InChI=1S/C15H15NOS/c17-13(9-11-5-7-16-8-6-11)15-10-12-3-1-2-4-14(12)18-15/h5-8,10H,1-4,9H2. The zero-order valence-electron chi connectivity index (χ0n) is 10.2. The fourth-order valence-corrected chi connectivity index (χ4v) is 3.59. The number of pyridine rings is 1. The van der Waals surface area contributed by atoms with Crippen molar-refractivity contribution < 1.29 is 4.79 Å². The number of fused-ring (bicyclic) bond motifs is 1. The maximum Gasteiger partial charge on any atom is 0.177 e. The zero-order valence-corrected chi connectivity index (χ0v) is 11.0. The van der Waals surface area contributed by atoms with Gasteiger partial charge in [0, 0.05) is 23.7 Å². The van der Waals surface area contributed by atoms with Crippen LogP contribution < -0.4 is 0 Å². The number of thiophene rings is 1. The lowest BCUT2D eigenvalue weighted by Crippen LogP contribution is -2.01. The molecule has 92 valence electrons. The SMILES string of the molecule is O=C(Cc1ccncc1)c1cc2c(s1)CCCC2. The van der Waals surface area contributed by atoms with E-state index in [9.17, 15) is 4.79 Å². The number of aryl methyl sites for hydroxylation is 2. The molecule has 0 aromatic carbocycles. The lowest BCUT2D eigenvalue weighted by Gasteiger charge is -2.08. The van der Waals surface area contributed by atoms with Crippen LogP contribution in [-0.2, 0) is 19.3 Å². The molecule has 0 aliphatic heterocycles. The third-order valence-electron chi connectivity index (χ3n) is 3.39. The topological polar surface area (TPSA) is 30.0 Å². The van der Waals surface area contributed by atoms with Crippen molar-refractivity contribution in [3.05, 3.63) is 51.5 Å². The van der Waals surface area contributed by atoms with Gasteiger partial charge in [-0.05, 0) is 55.0 Å². The lowest BCUT2D eigenvalue weighted by atomic mass is 9.98. The first-order valence-electron chi connectivity index (χ1n) is 6.36. The molecule has 0 spiro atoms. The molecule has 18 heavy (non-hydrogen) atoms. The molecule has 1 aliphatic carbocycles. The Balaban J connectivity index is 1.78. The Morgan fingerprint density at radius 2 is 2.00 bits per heavy atom. The van der Waals surface area contributed by atoms with Crippen LogP contribution in [0.4, 0.5) is 0 Å². The summed E-state index contributed by atoms with van der Waals surface area (Å²) in [6, 6.07) is 5.93. The number of hydrogen-bond donors (Lipinski definition) is 0. The van der Waals surface area contributed by atoms with Crippen LogP contribution >= 0.6 is 11.3 Å². The Kier molecular flexibility index (Phi) is 3.24. The maximum atomic E-state index is 12.2. The molecule has 0 N–H and O–H groups in total. The van der Waals surface area contributed by atoms with E-state index in [-0.39, 0.29) is 5.78 Å². The van der Waals surface area contributed by atoms with Gasteiger partial charge in [-0.25, -0.2) is 0 Å². The molecule has 0 bridgehead atoms. The number of nitrogens with zero attached hydrogens (tertiary/aromatic N) is 1. The first-order valence-corrected chi connectivity index (χ1v) is 7.18. The van der Waals surface area contributed by atoms with E-state index in [0.717, 1.165) is 23.3 Å². The van der Waals surface area contributed by atoms with E-state index in [1.165, 1.54) is 23.3 Å². The lowest BCUT2D eigenvalue weighted by molar-refractivity contribution is 0.0997. The monoisotopic (exact) mass is 257 g/mol. The minimum Gasteiger partial charge on any atom is -0.293 e. The van der Waals surface area contributed by atoms with Gasteiger partial charge in [-0.3, -0.25) is 9.78 Å². The quantitative estimate of drug-likeness (QED) is 0.788. The maximum absolute atomic E-state index is 12.2. The molecule has 3 rings (SSSR count). The van der Waals surface area contributed by atoms with Crippen molar-refractivity contribution in [2.75, 3.05) is 0 Å². The summed E-state index contributed by atoms with van der Waals surface area (Å²) in [5.41, 5.74) is 2.45. The fourth-order valence-electron chi connectivity index (χ4n) is 2.40. The number of Topliss-reactive ketones (excluding diaryl/α,β-unsaturated/α-hetero) is 1. The highest BCUT2D eigenvalue weighted by Gasteiger charge is 2.17. The van der Waals surface area contributed by atoms with Crippen LogP contribution in [0.25, 0.3) is 0 Å². The third-order valence-corrected chi connectivity index (χ3v) is 4.66. The Hall–Kier alpha value is -1.48. The van der Waals surface area contributed by atoms with E-state index in [1.807, 2.05) is 12.1 Å². The van der Waals surface area contributed by atoms with Gasteiger partial charge in [0.1, 0.15) is 0 Å². The van der Waals surface area contributed by atoms with Crippen molar-refractivity contribution in [3.8, 4) is 0 Å². The predicted octanol–water partition coefficient (Wildman–Crippen LogP) is 3.45. The van der Waals surface area contributed by atoms with Crippen LogP contribution in [-0.4, -0.2) is 10.8 Å². The summed E-state index contributed by atoms with van der Waals surface area (Å²) in [4.78, 5) is 18.6. The van der Waals surface area contributed by atoms with E-state index in [2.05, 4.69) is 11.1 Å². The van der Waals surface area contributed by atoms with Crippen LogP contribution in [0.15, 0.2) is 30.6 Å². The second kappa shape index (κ2) is 5.02. The minimum absolute atomic E-state index is 0.237. The average molecular weight is 257 g/mol. The van der Waals surface area contributed by atoms with Gasteiger partial charge < -0.3 is 0 Å². The molecular weight excluding hydrogens is 242 g/mol. The molecule has 1 aliphatic rings. The van der Waals surface area contributed by atoms with Gasteiger partial charge in [0.15, 0.2) is 5.78 Å². The number of ketones is 1. The van der Waals surface area contributed by atoms with Gasteiger partial charge in [0.05, 0.1) is 4.88 Å². The van der Waals surface area contributed by atoms with Gasteiger partial charge in [-0.2, -0.15) is 0 Å². The van der Waals surface area contributed by atoms with Crippen LogP contribution in [0.2, 0.25) is 0 Å². The molecule has 0 fully saturated rings. The number of carbonyl (C=O) groups is 1. The molecule has 3 heteroatoms. The number of carbonyl (C=O) groups excluding carboxylic acids is 1. The van der Waals surface area contributed by atoms with Gasteiger partial charge in [0.2, 0.25) is 0 Å². The first kappa shape index (κ1) is 11.6. The Labute approximate surface area is 111 Å². The van der Waals surface area contributed by atoms with Gasteiger partial charge in [-0.15, -0.1) is 11.3 Å². The summed E-state index contributed by atoms with van der Waals surface area (Å²) >= 11 is 1.70. The first-order chi connectivity index (χ1) is 8.83. The highest BCUT2D eigenvalue weighted by atomic mass is 32.1. The highest BCUT2D eigenvalue weighted by Crippen LogP contribution is 2.30. The van der Waals surface area contributed by atoms with Crippen LogP contribution in [0.1, 0.15) is 38.5 Å². The molecule has 0 radical (unpaired) electrons. The van der Waals surface area contributed by atoms with Crippen LogP contribution in [0.3, 0.4) is 0 Å². The molecule has 2 aromatic rings. The molecule has 2 nitrogen and oxygen atoms in total. The molecule has 0 atom stereocenters. The second-order valence-electron chi connectivity index (χ2n) is 4.72. The van der Waals surface area contributed by atoms with Crippen molar-refractivity contribution in [2.24, 2.45) is 0 Å². The van der Waals surface area contributed by atoms with Crippen molar-refractivity contribution in [2.45, 2.75) is 32.1 Å². The molecule has 0 unspecified atom stereocenters. The predicted molar refractivity (Wildman–Crippen MR) is 73.2 cm³/mol. The summed E-state index contributed by atoms with van der Waals surface area (Å²) in [7, 11) is 0. The van der Waals surface area contributed by atoms with Crippen molar-refractivity contribution >= 4 is 17.1 Å². The Bertz CT molecular complexity index is 536. The normalized spacial score (nSPS) is 14.2. The van der Waals surface area contributed by atoms with Crippen molar-refractivity contribution in [3.63, 3.8) is 0 Å². The second-order valence-corrected chi connectivity index (χ2v) is 5.86. The third kappa shape index (κ3) is 2.36. The van der Waals surface area contributed by atoms with E-state index < -0.39 is 0 Å². The number of aromatic nitrogens is 1. The van der Waals surface area contributed by atoms with E-state index in [4.69, 9.17) is 0 Å². The van der Waals surface area contributed by atoms with Crippen LogP contribution in [0, 0.1) is 0 Å². The van der Waals surface area contributed by atoms with E-state index in [1.54, 1.807) is 23.7 Å². The summed E-state index contributed by atoms with van der Waals surface area (Å²) in [5, 5.41) is 0.